The van der Waals surface area contributed by atoms with Gasteiger partial charge in [0.1, 0.15) is 11.6 Å². The van der Waals surface area contributed by atoms with E-state index in [1.54, 1.807) is 4.57 Å². The van der Waals surface area contributed by atoms with Crippen LogP contribution >= 0.6 is 23.8 Å². The van der Waals surface area contributed by atoms with Crippen LogP contribution < -0.4 is 4.74 Å². The van der Waals surface area contributed by atoms with E-state index in [2.05, 4.69) is 6.92 Å². The number of hydrogen-bond donors (Lipinski definition) is 1. The molecule has 0 unspecified atom stereocenters. The van der Waals surface area contributed by atoms with E-state index in [0.29, 0.717) is 17.1 Å². The van der Waals surface area contributed by atoms with Gasteiger partial charge in [-0.25, -0.2) is 4.39 Å². The molecule has 0 spiro atoms. The summed E-state index contributed by atoms with van der Waals surface area (Å²) in [6, 6.07) is 2.55. The van der Waals surface area contributed by atoms with Crippen LogP contribution in [0.3, 0.4) is 0 Å². The van der Waals surface area contributed by atoms with Crippen LogP contribution in [0.15, 0.2) is 18.3 Å². The lowest BCUT2D eigenvalue weighted by atomic mass is 10.3. The van der Waals surface area contributed by atoms with E-state index >= 15 is 0 Å². The van der Waals surface area contributed by atoms with E-state index in [4.69, 9.17) is 28.6 Å². The van der Waals surface area contributed by atoms with Crippen LogP contribution in [-0.2, 0) is 6.54 Å². The average Bonchev–Trinajstić information content (AvgIpc) is 2.72. The molecule has 1 heterocycles. The summed E-state index contributed by atoms with van der Waals surface area (Å²) in [4.78, 5) is 0. The number of halogens is 2. The summed E-state index contributed by atoms with van der Waals surface area (Å²) in [5, 5.41) is 10.2. The molecule has 7 heteroatoms. The zero-order valence-corrected chi connectivity index (χ0v) is 13.3. The van der Waals surface area contributed by atoms with Crippen LogP contribution in [-0.4, -0.2) is 21.4 Å². The molecular formula is C14H16ClFN2O2S. The summed E-state index contributed by atoms with van der Waals surface area (Å²) in [7, 11) is 1.44. The summed E-state index contributed by atoms with van der Waals surface area (Å²) in [5.74, 6) is -0.393. The third-order valence-corrected chi connectivity index (χ3v) is 3.86. The van der Waals surface area contributed by atoms with Gasteiger partial charge in [0.05, 0.1) is 24.0 Å². The molecule has 0 aliphatic rings. The molecule has 0 atom stereocenters. The first-order chi connectivity index (χ1) is 9.99. The van der Waals surface area contributed by atoms with Crippen LogP contribution in [0, 0.1) is 10.6 Å². The Morgan fingerprint density at radius 2 is 2.14 bits per heavy atom. The summed E-state index contributed by atoms with van der Waals surface area (Å²) in [5.41, 5.74) is 0.106. The number of unbranched alkanes of at least 4 members (excludes halogenated alkanes) is 1. The van der Waals surface area contributed by atoms with E-state index in [1.165, 1.54) is 23.9 Å². The molecule has 1 aromatic heterocycles. The molecule has 1 aromatic carbocycles. The van der Waals surface area contributed by atoms with E-state index in [-0.39, 0.29) is 16.6 Å². The molecule has 114 valence electrons. The first-order valence-corrected chi connectivity index (χ1v) is 7.32. The van der Waals surface area contributed by atoms with Gasteiger partial charge in [-0.15, -0.1) is 0 Å². The first-order valence-electron chi connectivity index (χ1n) is 6.54. The number of benzene rings is 1. The van der Waals surface area contributed by atoms with Crippen LogP contribution in [0.2, 0.25) is 5.02 Å². The summed E-state index contributed by atoms with van der Waals surface area (Å²) in [6.45, 7) is 2.73. The van der Waals surface area contributed by atoms with E-state index in [1.807, 2.05) is 0 Å². The molecular weight excluding hydrogens is 315 g/mol. The Hall–Kier alpha value is -1.53. The maximum Gasteiger partial charge on any atom is 0.214 e. The Morgan fingerprint density at radius 3 is 2.76 bits per heavy atom. The third-order valence-electron chi connectivity index (χ3n) is 3.15. The van der Waals surface area contributed by atoms with Crippen molar-refractivity contribution in [1.29, 1.82) is 0 Å². The topological polar surface area (TPSA) is 39.3 Å². The number of imidazole rings is 1. The van der Waals surface area contributed by atoms with E-state index in [0.717, 1.165) is 18.9 Å². The number of rotatable bonds is 5. The monoisotopic (exact) mass is 330 g/mol. The Labute approximate surface area is 132 Å². The molecule has 0 saturated carbocycles. The maximum atomic E-state index is 14.1. The molecule has 2 aromatic rings. The largest absolute Gasteiger partial charge is 0.495 e. The summed E-state index contributed by atoms with van der Waals surface area (Å²) < 4.78 is 22.5. The number of hydrogen-bond acceptors (Lipinski definition) is 3. The van der Waals surface area contributed by atoms with Crippen molar-refractivity contribution in [1.82, 2.24) is 9.13 Å². The summed E-state index contributed by atoms with van der Waals surface area (Å²) in [6.07, 6.45) is 3.42. The molecule has 2 rings (SSSR count). The quantitative estimate of drug-likeness (QED) is 0.830. The zero-order valence-electron chi connectivity index (χ0n) is 11.8. The Kier molecular flexibility index (Phi) is 4.90. The molecule has 21 heavy (non-hydrogen) atoms. The molecule has 0 aliphatic heterocycles. The van der Waals surface area contributed by atoms with E-state index < -0.39 is 5.82 Å². The maximum absolute atomic E-state index is 14.1. The number of nitrogens with zero attached hydrogens (tertiary/aromatic N) is 2. The lowest BCUT2D eigenvalue weighted by Crippen LogP contribution is -2.02. The van der Waals surface area contributed by atoms with Crippen molar-refractivity contribution in [2.45, 2.75) is 26.3 Å². The van der Waals surface area contributed by atoms with Crippen molar-refractivity contribution in [3.05, 3.63) is 33.9 Å². The van der Waals surface area contributed by atoms with Gasteiger partial charge in [0.25, 0.3) is 0 Å². The van der Waals surface area contributed by atoms with Crippen molar-refractivity contribution in [3.63, 3.8) is 0 Å². The second-order valence-corrected chi connectivity index (χ2v) is 5.36. The Balaban J connectivity index is 2.57. The van der Waals surface area contributed by atoms with Gasteiger partial charge in [0, 0.05) is 12.6 Å². The lowest BCUT2D eigenvalue weighted by molar-refractivity contribution is 0.412. The molecule has 0 bridgehead atoms. The second kappa shape index (κ2) is 6.49. The van der Waals surface area contributed by atoms with Gasteiger partial charge in [-0.1, -0.05) is 24.9 Å². The highest BCUT2D eigenvalue weighted by molar-refractivity contribution is 7.71. The van der Waals surface area contributed by atoms with Crippen LogP contribution in [0.1, 0.15) is 19.8 Å². The fourth-order valence-corrected chi connectivity index (χ4v) is 2.60. The fourth-order valence-electron chi connectivity index (χ4n) is 2.04. The van der Waals surface area contributed by atoms with Gasteiger partial charge in [0.15, 0.2) is 4.77 Å². The predicted molar refractivity (Wildman–Crippen MR) is 82.7 cm³/mol. The average molecular weight is 331 g/mol. The molecule has 0 radical (unpaired) electrons. The number of methoxy groups -OCH3 is 1. The van der Waals surface area contributed by atoms with Gasteiger partial charge in [0.2, 0.25) is 5.88 Å². The zero-order chi connectivity index (χ0) is 15.6. The molecule has 1 N–H and O–H groups in total. The normalized spacial score (nSPS) is 10.9. The van der Waals surface area contributed by atoms with Gasteiger partial charge >= 0.3 is 0 Å². The number of aromatic nitrogens is 2. The third kappa shape index (κ3) is 3.06. The SMILES string of the molecule is CCCCn1cc(O)n(-c2cc(OC)c(Cl)cc2F)c1=S. The van der Waals surface area contributed by atoms with Crippen LogP contribution in [0.4, 0.5) is 4.39 Å². The van der Waals surface area contributed by atoms with Gasteiger partial charge in [-0.2, -0.15) is 0 Å². The standard InChI is InChI=1S/C14H16ClFN2O2S/c1-3-4-5-17-8-13(19)18(14(17)21)11-7-12(20-2)9(15)6-10(11)16/h6-8,19H,3-5H2,1-2H3. The Bertz CT molecular complexity index is 712. The van der Waals surface area contributed by atoms with Crippen molar-refractivity contribution in [2.24, 2.45) is 0 Å². The molecule has 0 aliphatic carbocycles. The minimum Gasteiger partial charge on any atom is -0.495 e. The minimum absolute atomic E-state index is 0.106. The molecule has 4 nitrogen and oxygen atoms in total. The number of ether oxygens (including phenoxy) is 1. The van der Waals surface area contributed by atoms with Gasteiger partial charge in [-0.05, 0) is 24.7 Å². The lowest BCUT2D eigenvalue weighted by Gasteiger charge is -2.10. The highest BCUT2D eigenvalue weighted by Crippen LogP contribution is 2.31. The second-order valence-electron chi connectivity index (χ2n) is 4.59. The van der Waals surface area contributed by atoms with Crippen LogP contribution in [0.5, 0.6) is 11.6 Å². The van der Waals surface area contributed by atoms with Crippen molar-refractivity contribution in [2.75, 3.05) is 7.11 Å². The smallest absolute Gasteiger partial charge is 0.214 e. The van der Waals surface area contributed by atoms with Crippen molar-refractivity contribution < 1.29 is 14.2 Å². The molecule has 0 saturated heterocycles. The first kappa shape index (κ1) is 15.9. The van der Waals surface area contributed by atoms with Crippen molar-refractivity contribution in [3.8, 4) is 17.3 Å². The summed E-state index contributed by atoms with van der Waals surface area (Å²) >= 11 is 11.2. The minimum atomic E-state index is -0.583. The number of aryl methyl sites for hydroxylation is 1. The molecule has 0 amide bonds. The Morgan fingerprint density at radius 1 is 1.43 bits per heavy atom. The number of aromatic hydroxyl groups is 1. The highest BCUT2D eigenvalue weighted by atomic mass is 35.5. The van der Waals surface area contributed by atoms with Gasteiger partial charge < -0.3 is 14.4 Å². The van der Waals surface area contributed by atoms with E-state index in [9.17, 15) is 9.50 Å². The molecule has 0 fully saturated rings. The van der Waals surface area contributed by atoms with Crippen LogP contribution in [0.25, 0.3) is 5.69 Å². The highest BCUT2D eigenvalue weighted by Gasteiger charge is 2.16. The van der Waals surface area contributed by atoms with Crippen molar-refractivity contribution >= 4 is 23.8 Å². The van der Waals surface area contributed by atoms with Gasteiger partial charge in [-0.3, -0.25) is 4.57 Å². The predicted octanol–water partition coefficient (Wildman–Crippen LogP) is 4.32. The fraction of sp³-hybridized carbons (Fsp3) is 0.357.